The number of benzene rings is 1. The molecule has 1 heterocycles. The molecule has 1 amide bonds. The molecule has 8 heteroatoms. The van der Waals surface area contributed by atoms with Crippen molar-refractivity contribution in [3.05, 3.63) is 47.4 Å². The maximum absolute atomic E-state index is 12.4. The van der Waals surface area contributed by atoms with Gasteiger partial charge in [0.2, 0.25) is 0 Å². The first-order chi connectivity index (χ1) is 11.5. The summed E-state index contributed by atoms with van der Waals surface area (Å²) in [6, 6.07) is 7.67. The average molecular weight is 341 g/mol. The van der Waals surface area contributed by atoms with Gasteiger partial charge in [-0.25, -0.2) is 0 Å². The van der Waals surface area contributed by atoms with Gasteiger partial charge < -0.3 is 23.9 Å². The first kappa shape index (κ1) is 17.7. The Morgan fingerprint density at radius 3 is 2.67 bits per heavy atom. The molecule has 0 aliphatic heterocycles. The average Bonchev–Trinajstić information content (AvgIpc) is 3.01. The van der Waals surface area contributed by atoms with E-state index in [1.165, 1.54) is 32.4 Å². The van der Waals surface area contributed by atoms with E-state index in [0.717, 1.165) is 0 Å². The van der Waals surface area contributed by atoms with Crippen molar-refractivity contribution >= 4 is 5.91 Å². The number of methoxy groups -OCH3 is 2. The molecule has 0 saturated carbocycles. The molecule has 1 aromatic carbocycles. The van der Waals surface area contributed by atoms with Crippen molar-refractivity contribution in [1.82, 2.24) is 5.32 Å². The predicted molar refractivity (Wildman–Crippen MR) is 80.2 cm³/mol. The van der Waals surface area contributed by atoms with E-state index in [4.69, 9.17) is 13.9 Å². The summed E-state index contributed by atoms with van der Waals surface area (Å²) < 4.78 is 44.4. The second kappa shape index (κ2) is 8.30. The number of hydrogen-bond acceptors (Lipinski definition) is 5. The Balaban J connectivity index is 2.01. The van der Waals surface area contributed by atoms with Crippen LogP contribution in [0.15, 0.2) is 34.7 Å². The molecule has 0 saturated heterocycles. The van der Waals surface area contributed by atoms with Crippen LogP contribution in [-0.2, 0) is 17.9 Å². The fraction of sp³-hybridized carbons (Fsp3) is 0.312. The lowest BCUT2D eigenvalue weighted by molar-refractivity contribution is -0.0512. The molecular weight excluding hydrogens is 324 g/mol. The van der Waals surface area contributed by atoms with Gasteiger partial charge in [0, 0.05) is 13.7 Å². The number of ether oxygens (including phenoxy) is 3. The van der Waals surface area contributed by atoms with Crippen LogP contribution in [0.1, 0.15) is 21.9 Å². The molecule has 2 aromatic rings. The third kappa shape index (κ3) is 4.69. The van der Waals surface area contributed by atoms with Crippen molar-refractivity contribution in [2.75, 3.05) is 14.2 Å². The first-order valence-corrected chi connectivity index (χ1v) is 7.01. The molecule has 0 spiro atoms. The minimum atomic E-state index is -2.97. The lowest BCUT2D eigenvalue weighted by Gasteiger charge is -2.11. The standard InChI is InChI=1S/C16H17F2NO5/c1-21-9-11-4-6-13(23-11)15(20)19-8-10-3-5-12(22-2)14(7-10)24-16(17)18/h3-7,16H,8-9H2,1-2H3,(H,19,20). The highest BCUT2D eigenvalue weighted by Gasteiger charge is 2.13. The summed E-state index contributed by atoms with van der Waals surface area (Å²) in [6.45, 7) is -2.59. The Morgan fingerprint density at radius 2 is 2.00 bits per heavy atom. The quantitative estimate of drug-likeness (QED) is 0.799. The molecule has 130 valence electrons. The molecule has 0 aliphatic carbocycles. The van der Waals surface area contributed by atoms with E-state index in [-0.39, 0.29) is 30.4 Å². The summed E-state index contributed by atoms with van der Waals surface area (Å²) in [7, 11) is 2.87. The fourth-order valence-corrected chi connectivity index (χ4v) is 2.01. The SMILES string of the molecule is COCc1ccc(C(=O)NCc2ccc(OC)c(OC(F)F)c2)o1. The number of hydrogen-bond donors (Lipinski definition) is 1. The molecule has 0 fully saturated rings. The minimum Gasteiger partial charge on any atom is -0.493 e. The Hall–Kier alpha value is -2.61. The Morgan fingerprint density at radius 1 is 1.21 bits per heavy atom. The highest BCUT2D eigenvalue weighted by molar-refractivity contribution is 5.91. The molecule has 6 nitrogen and oxygen atoms in total. The van der Waals surface area contributed by atoms with Gasteiger partial charge in [-0.15, -0.1) is 0 Å². The van der Waals surface area contributed by atoms with Crippen LogP contribution >= 0.6 is 0 Å². The Kier molecular flexibility index (Phi) is 6.14. The maximum Gasteiger partial charge on any atom is 0.387 e. The van der Waals surface area contributed by atoms with Crippen LogP contribution in [0.3, 0.4) is 0 Å². The summed E-state index contributed by atoms with van der Waals surface area (Å²) in [6.07, 6.45) is 0. The third-order valence-electron chi connectivity index (χ3n) is 3.07. The number of carbonyl (C=O) groups excluding carboxylic acids is 1. The molecule has 24 heavy (non-hydrogen) atoms. The lowest BCUT2D eigenvalue weighted by atomic mass is 10.2. The third-order valence-corrected chi connectivity index (χ3v) is 3.07. The highest BCUT2D eigenvalue weighted by Crippen LogP contribution is 2.29. The van der Waals surface area contributed by atoms with Gasteiger partial charge in [0.15, 0.2) is 17.3 Å². The largest absolute Gasteiger partial charge is 0.493 e. The van der Waals surface area contributed by atoms with Gasteiger partial charge in [0.25, 0.3) is 5.91 Å². The zero-order valence-electron chi connectivity index (χ0n) is 13.2. The van der Waals surface area contributed by atoms with Gasteiger partial charge in [-0.1, -0.05) is 6.07 Å². The summed E-state index contributed by atoms with van der Waals surface area (Å²) >= 11 is 0. The predicted octanol–water partition coefficient (Wildman–Crippen LogP) is 2.97. The van der Waals surface area contributed by atoms with Gasteiger partial charge in [0.1, 0.15) is 12.4 Å². The topological polar surface area (TPSA) is 69.9 Å². The zero-order valence-corrected chi connectivity index (χ0v) is 13.2. The van der Waals surface area contributed by atoms with E-state index in [2.05, 4.69) is 10.1 Å². The number of rotatable bonds is 8. The van der Waals surface area contributed by atoms with Crippen molar-refractivity contribution in [1.29, 1.82) is 0 Å². The second-order valence-electron chi connectivity index (χ2n) is 4.75. The maximum atomic E-state index is 12.4. The molecule has 0 unspecified atom stereocenters. The van der Waals surface area contributed by atoms with Gasteiger partial charge >= 0.3 is 6.61 Å². The number of carbonyl (C=O) groups is 1. The van der Waals surface area contributed by atoms with Crippen LogP contribution < -0.4 is 14.8 Å². The minimum absolute atomic E-state index is 0.0976. The smallest absolute Gasteiger partial charge is 0.387 e. The Bertz CT molecular complexity index is 687. The van der Waals surface area contributed by atoms with Gasteiger partial charge in [-0.2, -0.15) is 8.78 Å². The summed E-state index contributed by atoms with van der Waals surface area (Å²) in [5.74, 6) is 0.323. The van der Waals surface area contributed by atoms with Gasteiger partial charge in [-0.3, -0.25) is 4.79 Å². The number of furan rings is 1. The molecule has 0 bridgehead atoms. The van der Waals surface area contributed by atoms with E-state index in [1.54, 1.807) is 12.1 Å². The lowest BCUT2D eigenvalue weighted by Crippen LogP contribution is -2.22. The highest BCUT2D eigenvalue weighted by atomic mass is 19.3. The van der Waals surface area contributed by atoms with Crippen LogP contribution in [0.2, 0.25) is 0 Å². The summed E-state index contributed by atoms with van der Waals surface area (Å²) in [4.78, 5) is 12.0. The van der Waals surface area contributed by atoms with Crippen LogP contribution in [0, 0.1) is 0 Å². The van der Waals surface area contributed by atoms with Crippen LogP contribution in [-0.4, -0.2) is 26.7 Å². The number of alkyl halides is 2. The zero-order chi connectivity index (χ0) is 17.5. The number of amides is 1. The first-order valence-electron chi connectivity index (χ1n) is 7.01. The Labute approximate surface area is 137 Å². The molecule has 2 rings (SSSR count). The summed E-state index contributed by atoms with van der Waals surface area (Å²) in [5.41, 5.74) is 0.573. The van der Waals surface area contributed by atoms with E-state index in [1.807, 2.05) is 0 Å². The molecule has 1 N–H and O–H groups in total. The normalized spacial score (nSPS) is 10.7. The second-order valence-corrected chi connectivity index (χ2v) is 4.75. The molecule has 0 aliphatic rings. The van der Waals surface area contributed by atoms with Gasteiger partial charge in [-0.05, 0) is 29.8 Å². The molecular formula is C16H17F2NO5. The van der Waals surface area contributed by atoms with Crippen LogP contribution in [0.4, 0.5) is 8.78 Å². The molecule has 1 aromatic heterocycles. The van der Waals surface area contributed by atoms with Gasteiger partial charge in [0.05, 0.1) is 7.11 Å². The summed E-state index contributed by atoms with van der Waals surface area (Å²) in [5, 5.41) is 2.63. The number of halogens is 2. The van der Waals surface area contributed by atoms with Crippen molar-refractivity contribution in [2.24, 2.45) is 0 Å². The monoisotopic (exact) mass is 341 g/mol. The van der Waals surface area contributed by atoms with Crippen molar-refractivity contribution in [2.45, 2.75) is 19.8 Å². The molecule has 0 radical (unpaired) electrons. The van der Waals surface area contributed by atoms with Crippen LogP contribution in [0.25, 0.3) is 0 Å². The van der Waals surface area contributed by atoms with E-state index in [9.17, 15) is 13.6 Å². The van der Waals surface area contributed by atoms with Crippen LogP contribution in [0.5, 0.6) is 11.5 Å². The van der Waals surface area contributed by atoms with Crippen molar-refractivity contribution in [3.63, 3.8) is 0 Å². The fourth-order valence-electron chi connectivity index (χ4n) is 2.01. The van der Waals surface area contributed by atoms with E-state index >= 15 is 0 Å². The molecule has 0 atom stereocenters. The van der Waals surface area contributed by atoms with Crippen molar-refractivity contribution in [3.8, 4) is 11.5 Å². The van der Waals surface area contributed by atoms with E-state index in [0.29, 0.717) is 11.3 Å². The van der Waals surface area contributed by atoms with E-state index < -0.39 is 12.5 Å². The number of nitrogens with one attached hydrogen (secondary N) is 1. The van der Waals surface area contributed by atoms with Crippen molar-refractivity contribution < 1.29 is 32.2 Å².